The van der Waals surface area contributed by atoms with Gasteiger partial charge in [0.15, 0.2) is 5.60 Å². The molecule has 1 amide bonds. The van der Waals surface area contributed by atoms with Gasteiger partial charge in [-0.15, -0.1) is 0 Å². The summed E-state index contributed by atoms with van der Waals surface area (Å²) < 4.78 is 10.4. The van der Waals surface area contributed by atoms with Crippen LogP contribution in [0.3, 0.4) is 0 Å². The molecule has 0 bridgehead atoms. The Kier molecular flexibility index (Phi) is 3.40. The number of aliphatic hydroxyl groups is 1. The Morgan fingerprint density at radius 1 is 1.45 bits per heavy atom. The zero-order chi connectivity index (χ0) is 14.2. The molecule has 108 valence electrons. The van der Waals surface area contributed by atoms with Gasteiger partial charge in [0.2, 0.25) is 0 Å². The van der Waals surface area contributed by atoms with Gasteiger partial charge in [-0.1, -0.05) is 6.07 Å². The fraction of sp³-hybridized carbons (Fsp3) is 0.533. The van der Waals surface area contributed by atoms with E-state index in [1.54, 1.807) is 12.0 Å². The monoisotopic (exact) mass is 277 g/mol. The van der Waals surface area contributed by atoms with E-state index in [-0.39, 0.29) is 12.5 Å². The third-order valence-corrected chi connectivity index (χ3v) is 4.11. The van der Waals surface area contributed by atoms with Crippen LogP contribution in [0.5, 0.6) is 5.75 Å². The number of ether oxygens (including phenoxy) is 2. The molecule has 0 aliphatic carbocycles. The average molecular weight is 277 g/mol. The molecule has 0 unspecified atom stereocenters. The fourth-order valence-corrected chi connectivity index (χ4v) is 2.85. The van der Waals surface area contributed by atoms with E-state index in [4.69, 9.17) is 9.47 Å². The van der Waals surface area contributed by atoms with Gasteiger partial charge in [-0.3, -0.25) is 4.79 Å². The van der Waals surface area contributed by atoms with Crippen molar-refractivity contribution in [1.29, 1.82) is 0 Å². The number of methoxy groups -OCH3 is 1. The molecule has 1 aromatic rings. The van der Waals surface area contributed by atoms with E-state index in [0.29, 0.717) is 26.1 Å². The van der Waals surface area contributed by atoms with Crippen LogP contribution in [0.25, 0.3) is 0 Å². The maximum absolute atomic E-state index is 12.5. The molecule has 2 aliphatic rings. The number of amides is 1. The molecule has 1 saturated heterocycles. The lowest BCUT2D eigenvalue weighted by Crippen LogP contribution is -2.50. The van der Waals surface area contributed by atoms with Crippen LogP contribution in [0.4, 0.5) is 0 Å². The molecule has 5 heteroatoms. The van der Waals surface area contributed by atoms with Crippen LogP contribution in [0.15, 0.2) is 18.2 Å². The summed E-state index contributed by atoms with van der Waals surface area (Å²) >= 11 is 0. The van der Waals surface area contributed by atoms with Crippen molar-refractivity contribution >= 4 is 5.91 Å². The van der Waals surface area contributed by atoms with Gasteiger partial charge < -0.3 is 19.5 Å². The van der Waals surface area contributed by atoms with Crippen molar-refractivity contribution in [3.8, 4) is 5.75 Å². The zero-order valence-electron chi connectivity index (χ0n) is 11.6. The minimum atomic E-state index is -1.34. The summed E-state index contributed by atoms with van der Waals surface area (Å²) in [5, 5.41) is 10.3. The predicted octanol–water partition coefficient (Wildman–Crippen LogP) is 0.731. The van der Waals surface area contributed by atoms with E-state index in [2.05, 4.69) is 0 Å². The van der Waals surface area contributed by atoms with Crippen molar-refractivity contribution in [2.24, 2.45) is 0 Å². The molecule has 0 radical (unpaired) electrons. The number of fused-ring (bicyclic) bond motifs is 1. The Bertz CT molecular complexity index is 523. The number of hydrogen-bond donors (Lipinski definition) is 1. The highest BCUT2D eigenvalue weighted by atomic mass is 16.5. The van der Waals surface area contributed by atoms with Crippen LogP contribution in [-0.4, -0.2) is 48.4 Å². The first-order valence-corrected chi connectivity index (χ1v) is 6.88. The van der Waals surface area contributed by atoms with E-state index in [0.717, 1.165) is 17.7 Å². The molecule has 5 nitrogen and oxygen atoms in total. The summed E-state index contributed by atoms with van der Waals surface area (Å²) in [6.07, 6.45) is 1.19. The average Bonchev–Trinajstić information content (AvgIpc) is 2.93. The van der Waals surface area contributed by atoms with E-state index >= 15 is 0 Å². The lowest BCUT2D eigenvalue weighted by molar-refractivity contribution is -0.152. The van der Waals surface area contributed by atoms with Crippen LogP contribution in [0.1, 0.15) is 17.5 Å². The molecule has 0 spiro atoms. The first kappa shape index (κ1) is 13.4. The molecule has 0 aromatic heterocycles. The summed E-state index contributed by atoms with van der Waals surface area (Å²) in [6.45, 7) is 1.71. The van der Waals surface area contributed by atoms with Crippen molar-refractivity contribution < 1.29 is 19.4 Å². The van der Waals surface area contributed by atoms with Gasteiger partial charge in [0.25, 0.3) is 5.91 Å². The third kappa shape index (κ3) is 2.27. The molecule has 1 N–H and O–H groups in total. The highest BCUT2D eigenvalue weighted by molar-refractivity contribution is 5.85. The molecule has 20 heavy (non-hydrogen) atoms. The standard InChI is InChI=1S/C15H19NO4/c1-19-13-3-2-11-4-6-16(9-12(11)8-13)14(17)15(18)5-7-20-10-15/h2-3,8,18H,4-7,9-10H2,1H3/t15-/m0/s1. The Morgan fingerprint density at radius 2 is 2.30 bits per heavy atom. The molecule has 2 heterocycles. The Hall–Kier alpha value is -1.59. The number of hydrogen-bond acceptors (Lipinski definition) is 4. The number of rotatable bonds is 2. The van der Waals surface area contributed by atoms with Crippen molar-refractivity contribution in [3.05, 3.63) is 29.3 Å². The second-order valence-corrected chi connectivity index (χ2v) is 5.45. The molecule has 2 aliphatic heterocycles. The Morgan fingerprint density at radius 3 is 3.00 bits per heavy atom. The molecule has 1 aromatic carbocycles. The van der Waals surface area contributed by atoms with Crippen LogP contribution in [0.2, 0.25) is 0 Å². The normalized spacial score (nSPS) is 25.4. The second-order valence-electron chi connectivity index (χ2n) is 5.45. The summed E-state index contributed by atoms with van der Waals surface area (Å²) in [6, 6.07) is 5.95. The SMILES string of the molecule is COc1ccc2c(c1)CN(C(=O)[C@]1(O)CCOC1)CC2. The largest absolute Gasteiger partial charge is 0.497 e. The number of benzene rings is 1. The highest BCUT2D eigenvalue weighted by Gasteiger charge is 2.43. The maximum Gasteiger partial charge on any atom is 0.257 e. The van der Waals surface area contributed by atoms with Gasteiger partial charge in [0.05, 0.1) is 20.3 Å². The second kappa shape index (κ2) is 5.07. The smallest absolute Gasteiger partial charge is 0.257 e. The van der Waals surface area contributed by atoms with Crippen molar-refractivity contribution in [1.82, 2.24) is 4.90 Å². The van der Waals surface area contributed by atoms with Crippen molar-refractivity contribution in [2.75, 3.05) is 26.9 Å². The van der Waals surface area contributed by atoms with E-state index < -0.39 is 5.60 Å². The number of carbonyl (C=O) groups is 1. The fourth-order valence-electron chi connectivity index (χ4n) is 2.85. The minimum Gasteiger partial charge on any atom is -0.497 e. The van der Waals surface area contributed by atoms with Crippen LogP contribution in [-0.2, 0) is 22.5 Å². The predicted molar refractivity (Wildman–Crippen MR) is 72.5 cm³/mol. The van der Waals surface area contributed by atoms with Gasteiger partial charge >= 0.3 is 0 Å². The van der Waals surface area contributed by atoms with Gasteiger partial charge in [-0.2, -0.15) is 0 Å². The van der Waals surface area contributed by atoms with E-state index in [1.807, 2.05) is 18.2 Å². The topological polar surface area (TPSA) is 59.0 Å². The maximum atomic E-state index is 12.5. The highest BCUT2D eigenvalue weighted by Crippen LogP contribution is 2.27. The van der Waals surface area contributed by atoms with Crippen LogP contribution in [0, 0.1) is 0 Å². The van der Waals surface area contributed by atoms with E-state index in [1.165, 1.54) is 5.56 Å². The van der Waals surface area contributed by atoms with Gasteiger partial charge in [0, 0.05) is 19.5 Å². The summed E-state index contributed by atoms with van der Waals surface area (Å²) in [5.41, 5.74) is 0.993. The zero-order valence-corrected chi connectivity index (χ0v) is 11.6. The molecule has 1 fully saturated rings. The van der Waals surface area contributed by atoms with Crippen molar-refractivity contribution in [2.45, 2.75) is 25.0 Å². The molecular formula is C15H19NO4. The van der Waals surface area contributed by atoms with Crippen LogP contribution < -0.4 is 4.74 Å². The van der Waals surface area contributed by atoms with Crippen LogP contribution >= 0.6 is 0 Å². The molecule has 0 saturated carbocycles. The minimum absolute atomic E-state index is 0.104. The first-order valence-electron chi connectivity index (χ1n) is 6.88. The van der Waals surface area contributed by atoms with Gasteiger partial charge in [-0.25, -0.2) is 0 Å². The third-order valence-electron chi connectivity index (χ3n) is 4.11. The Labute approximate surface area is 118 Å². The summed E-state index contributed by atoms with van der Waals surface area (Å²) in [5.74, 6) is 0.574. The number of nitrogens with zero attached hydrogens (tertiary/aromatic N) is 1. The van der Waals surface area contributed by atoms with Crippen molar-refractivity contribution in [3.63, 3.8) is 0 Å². The lowest BCUT2D eigenvalue weighted by Gasteiger charge is -2.33. The molecular weight excluding hydrogens is 258 g/mol. The Balaban J connectivity index is 1.79. The molecule has 3 rings (SSSR count). The molecule has 1 atom stereocenters. The van der Waals surface area contributed by atoms with Gasteiger partial charge in [0.1, 0.15) is 5.75 Å². The summed E-state index contributed by atoms with van der Waals surface area (Å²) in [4.78, 5) is 14.2. The lowest BCUT2D eigenvalue weighted by atomic mass is 9.96. The van der Waals surface area contributed by atoms with Gasteiger partial charge in [-0.05, 0) is 29.7 Å². The quantitative estimate of drug-likeness (QED) is 0.866. The number of carbonyl (C=O) groups excluding carboxylic acids is 1. The first-order chi connectivity index (χ1) is 9.62. The van der Waals surface area contributed by atoms with E-state index in [9.17, 15) is 9.90 Å². The summed E-state index contributed by atoms with van der Waals surface area (Å²) in [7, 11) is 1.63.